The molecule has 1 unspecified atom stereocenters. The van der Waals surface area contributed by atoms with Crippen LogP contribution in [0.4, 0.5) is 0 Å². The van der Waals surface area contributed by atoms with Gasteiger partial charge in [-0.1, -0.05) is 30.3 Å². The molecule has 0 bridgehead atoms. The maximum Gasteiger partial charge on any atom is 0.111 e. The van der Waals surface area contributed by atoms with Crippen molar-refractivity contribution in [2.75, 3.05) is 19.6 Å². The molecule has 0 spiro atoms. The summed E-state index contributed by atoms with van der Waals surface area (Å²) in [6, 6.07) is 13.5. The molecule has 1 aliphatic heterocycles. The molecule has 2 heterocycles. The number of aromatic amines is 1. The van der Waals surface area contributed by atoms with Crippen LogP contribution >= 0.6 is 0 Å². The van der Waals surface area contributed by atoms with Gasteiger partial charge >= 0.3 is 0 Å². The topological polar surface area (TPSA) is 59.0 Å². The zero-order valence-corrected chi connectivity index (χ0v) is 13.2. The molecule has 1 N–H and O–H groups in total. The Hall–Kier alpha value is -2.16. The second-order valence-electron chi connectivity index (χ2n) is 6.49. The van der Waals surface area contributed by atoms with E-state index in [0.717, 1.165) is 37.4 Å². The second-order valence-corrected chi connectivity index (χ2v) is 6.49. The number of nitrogens with one attached hydrogen (secondary N) is 1. The molecule has 23 heavy (non-hydrogen) atoms. The van der Waals surface area contributed by atoms with Crippen molar-refractivity contribution in [1.82, 2.24) is 20.0 Å². The molecule has 1 saturated carbocycles. The monoisotopic (exact) mass is 307 g/mol. The highest BCUT2D eigenvalue weighted by Gasteiger charge is 2.37. The van der Waals surface area contributed by atoms with Gasteiger partial charge in [-0.05, 0) is 18.4 Å². The van der Waals surface area contributed by atoms with Gasteiger partial charge in [-0.15, -0.1) is 0 Å². The summed E-state index contributed by atoms with van der Waals surface area (Å²) in [7, 11) is 0. The van der Waals surface area contributed by atoms with Gasteiger partial charge in [0.25, 0.3) is 0 Å². The van der Waals surface area contributed by atoms with Crippen LogP contribution in [0.25, 0.3) is 11.3 Å². The van der Waals surface area contributed by atoms with Crippen molar-refractivity contribution in [1.29, 1.82) is 5.26 Å². The fourth-order valence-corrected chi connectivity index (χ4v) is 3.48. The summed E-state index contributed by atoms with van der Waals surface area (Å²) in [5.74, 6) is 0. The lowest BCUT2D eigenvalue weighted by Crippen LogP contribution is -2.52. The Balaban J connectivity index is 1.47. The number of aromatic nitrogens is 2. The maximum absolute atomic E-state index is 9.48. The quantitative estimate of drug-likeness (QED) is 0.941. The molecule has 1 aromatic carbocycles. The molecular formula is C18H21N5. The molecule has 1 atom stereocenters. The lowest BCUT2D eigenvalue weighted by molar-refractivity contribution is 0.0899. The molecular weight excluding hydrogens is 286 g/mol. The third-order valence-corrected chi connectivity index (χ3v) is 4.85. The Kier molecular flexibility index (Phi) is 3.86. The minimum absolute atomic E-state index is 0.0309. The van der Waals surface area contributed by atoms with Crippen LogP contribution in [0, 0.1) is 11.3 Å². The van der Waals surface area contributed by atoms with Crippen molar-refractivity contribution in [2.24, 2.45) is 0 Å². The average molecular weight is 307 g/mol. The van der Waals surface area contributed by atoms with E-state index in [1.54, 1.807) is 0 Å². The first-order chi connectivity index (χ1) is 11.3. The first-order valence-electron chi connectivity index (χ1n) is 8.30. The van der Waals surface area contributed by atoms with Crippen LogP contribution in [0.2, 0.25) is 0 Å². The Bertz CT molecular complexity index is 698. The zero-order chi connectivity index (χ0) is 15.6. The summed E-state index contributed by atoms with van der Waals surface area (Å²) in [4.78, 5) is 4.77. The zero-order valence-electron chi connectivity index (χ0n) is 13.2. The summed E-state index contributed by atoms with van der Waals surface area (Å²) >= 11 is 0. The van der Waals surface area contributed by atoms with Crippen LogP contribution in [0.3, 0.4) is 0 Å². The van der Waals surface area contributed by atoms with E-state index in [2.05, 4.69) is 38.2 Å². The number of piperazine rings is 1. The van der Waals surface area contributed by atoms with Gasteiger partial charge in [0.1, 0.15) is 6.04 Å². The number of nitriles is 1. The van der Waals surface area contributed by atoms with E-state index in [0.29, 0.717) is 6.04 Å². The van der Waals surface area contributed by atoms with Gasteiger partial charge in [-0.2, -0.15) is 10.4 Å². The molecule has 1 saturated heterocycles. The van der Waals surface area contributed by atoms with Crippen LogP contribution in [0.5, 0.6) is 0 Å². The van der Waals surface area contributed by atoms with Crippen molar-refractivity contribution in [2.45, 2.75) is 31.5 Å². The number of H-pyrrole nitrogens is 1. The van der Waals surface area contributed by atoms with Crippen LogP contribution in [0.1, 0.15) is 18.4 Å². The molecule has 4 rings (SSSR count). The van der Waals surface area contributed by atoms with Gasteiger partial charge in [-0.25, -0.2) is 0 Å². The minimum atomic E-state index is 0.0309. The minimum Gasteiger partial charge on any atom is -0.295 e. The smallest absolute Gasteiger partial charge is 0.111 e. The van der Waals surface area contributed by atoms with E-state index in [4.69, 9.17) is 0 Å². The lowest BCUT2D eigenvalue weighted by atomic mass is 10.1. The number of nitrogens with zero attached hydrogens (tertiary/aromatic N) is 4. The molecule has 2 aliphatic rings. The van der Waals surface area contributed by atoms with Gasteiger partial charge in [0.05, 0.1) is 18.0 Å². The average Bonchev–Trinajstić information content (AvgIpc) is 3.34. The highest BCUT2D eigenvalue weighted by Crippen LogP contribution is 2.30. The molecule has 2 aromatic rings. The van der Waals surface area contributed by atoms with Crippen molar-refractivity contribution >= 4 is 0 Å². The van der Waals surface area contributed by atoms with Crippen molar-refractivity contribution < 1.29 is 0 Å². The van der Waals surface area contributed by atoms with Crippen LogP contribution in [-0.4, -0.2) is 51.7 Å². The second kappa shape index (κ2) is 6.15. The van der Waals surface area contributed by atoms with Gasteiger partial charge in [0.15, 0.2) is 0 Å². The third-order valence-electron chi connectivity index (χ3n) is 4.85. The van der Waals surface area contributed by atoms with Gasteiger partial charge in [-0.3, -0.25) is 14.9 Å². The molecule has 1 aromatic heterocycles. The summed E-state index contributed by atoms with van der Waals surface area (Å²) in [5, 5.41) is 16.8. The first kappa shape index (κ1) is 14.4. The Labute approximate surface area is 136 Å². The van der Waals surface area contributed by atoms with Crippen molar-refractivity contribution in [3.8, 4) is 17.3 Å². The van der Waals surface area contributed by atoms with E-state index in [-0.39, 0.29) is 6.04 Å². The number of hydrogen-bond donors (Lipinski definition) is 1. The fraction of sp³-hybridized carbons (Fsp3) is 0.444. The SMILES string of the molecule is N#CC1CN(Cc2cn[nH]c2-c2ccccc2)CCN1C1CC1. The Morgan fingerprint density at radius 2 is 2.04 bits per heavy atom. The molecule has 118 valence electrons. The molecule has 2 fully saturated rings. The molecule has 5 heteroatoms. The van der Waals surface area contributed by atoms with E-state index >= 15 is 0 Å². The number of hydrogen-bond acceptors (Lipinski definition) is 4. The van der Waals surface area contributed by atoms with E-state index in [1.807, 2.05) is 24.4 Å². The van der Waals surface area contributed by atoms with Gasteiger partial charge in [0, 0.05) is 37.8 Å². The standard InChI is InChI=1S/C18H21N5/c19-10-17-13-22(8-9-23(17)16-6-7-16)12-15-11-20-21-18(15)14-4-2-1-3-5-14/h1-5,11,16-17H,6-9,12-13H2,(H,20,21). The van der Waals surface area contributed by atoms with Crippen LogP contribution in [0.15, 0.2) is 36.5 Å². The molecule has 0 amide bonds. The maximum atomic E-state index is 9.48. The highest BCUT2D eigenvalue weighted by molar-refractivity contribution is 5.62. The van der Waals surface area contributed by atoms with E-state index in [1.165, 1.54) is 18.4 Å². The summed E-state index contributed by atoms with van der Waals surface area (Å²) < 4.78 is 0. The van der Waals surface area contributed by atoms with Gasteiger partial charge < -0.3 is 0 Å². The summed E-state index contributed by atoms with van der Waals surface area (Å²) in [6.45, 7) is 3.69. The predicted octanol–water partition coefficient (Wildman–Crippen LogP) is 2.25. The number of rotatable bonds is 4. The highest BCUT2D eigenvalue weighted by atomic mass is 15.3. The first-order valence-corrected chi connectivity index (χ1v) is 8.30. The van der Waals surface area contributed by atoms with Crippen molar-refractivity contribution in [3.63, 3.8) is 0 Å². The van der Waals surface area contributed by atoms with Crippen molar-refractivity contribution in [3.05, 3.63) is 42.1 Å². The van der Waals surface area contributed by atoms with E-state index < -0.39 is 0 Å². The third kappa shape index (κ3) is 3.00. The normalized spacial score (nSPS) is 22.8. The summed E-state index contributed by atoms with van der Waals surface area (Å²) in [6.07, 6.45) is 4.44. The lowest BCUT2D eigenvalue weighted by Gasteiger charge is -2.38. The largest absolute Gasteiger partial charge is 0.295 e. The van der Waals surface area contributed by atoms with Gasteiger partial charge in [0.2, 0.25) is 0 Å². The Morgan fingerprint density at radius 1 is 1.22 bits per heavy atom. The van der Waals surface area contributed by atoms with Crippen LogP contribution in [-0.2, 0) is 6.54 Å². The molecule has 5 nitrogen and oxygen atoms in total. The predicted molar refractivity (Wildman–Crippen MR) is 88.4 cm³/mol. The Morgan fingerprint density at radius 3 is 2.78 bits per heavy atom. The fourth-order valence-electron chi connectivity index (χ4n) is 3.48. The molecule has 0 radical (unpaired) electrons. The number of benzene rings is 1. The van der Waals surface area contributed by atoms with Crippen LogP contribution < -0.4 is 0 Å². The van der Waals surface area contributed by atoms with E-state index in [9.17, 15) is 5.26 Å². The summed E-state index contributed by atoms with van der Waals surface area (Å²) in [5.41, 5.74) is 3.45. The molecule has 1 aliphatic carbocycles.